The van der Waals surface area contributed by atoms with Crippen LogP contribution in [0.3, 0.4) is 0 Å². The van der Waals surface area contributed by atoms with Gasteiger partial charge >= 0.3 is 7.12 Å². The molecule has 104 valence electrons. The highest BCUT2D eigenvalue weighted by Gasteiger charge is 2.20. The van der Waals surface area contributed by atoms with Crippen LogP contribution in [0, 0.1) is 0 Å². The summed E-state index contributed by atoms with van der Waals surface area (Å²) >= 11 is 0. The summed E-state index contributed by atoms with van der Waals surface area (Å²) in [7, 11) is -1.46. The summed E-state index contributed by atoms with van der Waals surface area (Å²) in [6.07, 6.45) is 0. The minimum absolute atomic E-state index is 0.530. The van der Waals surface area contributed by atoms with E-state index in [9.17, 15) is 10.0 Å². The maximum absolute atomic E-state index is 9.63. The van der Waals surface area contributed by atoms with Crippen molar-refractivity contribution in [2.45, 2.75) is 0 Å². The molecule has 3 nitrogen and oxygen atoms in total. The maximum atomic E-state index is 9.63. The summed E-state index contributed by atoms with van der Waals surface area (Å²) in [6, 6.07) is 20.2. The van der Waals surface area contributed by atoms with Crippen molar-refractivity contribution in [2.24, 2.45) is 0 Å². The number of hydrogen-bond donors (Lipinski definition) is 2. The molecule has 0 aliphatic heterocycles. The number of benzene rings is 3. The molecule has 22 heavy (non-hydrogen) atoms. The molecular weight excluding hydrogens is 273 g/mol. The predicted octanol–water partition coefficient (Wildman–Crippen LogP) is 2.52. The molecule has 0 saturated carbocycles. The predicted molar refractivity (Wildman–Crippen MR) is 90.9 cm³/mol. The van der Waals surface area contributed by atoms with E-state index in [-0.39, 0.29) is 0 Å². The normalized spacial score (nSPS) is 12.1. The lowest BCUT2D eigenvalue weighted by atomic mass is 9.79. The molecule has 0 bridgehead atoms. The second-order valence-electron chi connectivity index (χ2n) is 5.71. The van der Waals surface area contributed by atoms with Gasteiger partial charge in [0.2, 0.25) is 0 Å². The third-order valence-electron chi connectivity index (χ3n) is 4.52. The molecule has 0 spiro atoms. The van der Waals surface area contributed by atoms with Crippen LogP contribution in [0.2, 0.25) is 0 Å². The third kappa shape index (κ3) is 1.34. The Morgan fingerprint density at radius 1 is 0.682 bits per heavy atom. The van der Waals surface area contributed by atoms with Gasteiger partial charge in [0, 0.05) is 21.5 Å². The Morgan fingerprint density at radius 3 is 1.68 bits per heavy atom. The molecule has 0 unspecified atom stereocenters. The van der Waals surface area contributed by atoms with Crippen LogP contribution in [-0.4, -0.2) is 21.6 Å². The number of fused-ring (bicyclic) bond motifs is 6. The van der Waals surface area contributed by atoms with Gasteiger partial charge < -0.3 is 14.4 Å². The Labute approximate surface area is 126 Å². The molecule has 0 atom stereocenters. The van der Waals surface area contributed by atoms with Crippen LogP contribution in [0.5, 0.6) is 0 Å². The van der Waals surface area contributed by atoms with E-state index in [0.717, 1.165) is 38.1 Å². The average Bonchev–Trinajstić information content (AvgIpc) is 3.05. The molecule has 0 aliphatic rings. The van der Waals surface area contributed by atoms with E-state index < -0.39 is 7.12 Å². The molecule has 2 heterocycles. The fourth-order valence-corrected chi connectivity index (χ4v) is 3.62. The van der Waals surface area contributed by atoms with Gasteiger partial charge in [0.25, 0.3) is 0 Å². The molecule has 5 aromatic rings. The molecule has 0 fully saturated rings. The van der Waals surface area contributed by atoms with Crippen molar-refractivity contribution in [2.75, 3.05) is 0 Å². The molecule has 4 heteroatoms. The molecule has 0 aliphatic carbocycles. The van der Waals surface area contributed by atoms with Crippen molar-refractivity contribution in [3.63, 3.8) is 0 Å². The van der Waals surface area contributed by atoms with Crippen LogP contribution in [-0.2, 0) is 0 Å². The highest BCUT2D eigenvalue weighted by Crippen LogP contribution is 2.38. The van der Waals surface area contributed by atoms with Crippen molar-refractivity contribution < 1.29 is 10.0 Å². The fraction of sp³-hybridized carbons (Fsp3) is 0. The standard InChI is InChI=1S/C18H12BNO2/c21-19(22)11-9-14-12-5-1-3-7-16(12)20-17-8-4-2-6-13(17)15(10-11)18(14)20/h1-10,21-22H. The van der Waals surface area contributed by atoms with Crippen molar-refractivity contribution >= 4 is 50.7 Å². The van der Waals surface area contributed by atoms with E-state index in [0.29, 0.717) is 5.46 Å². The second-order valence-corrected chi connectivity index (χ2v) is 5.71. The number of para-hydroxylation sites is 2. The van der Waals surface area contributed by atoms with E-state index in [1.807, 2.05) is 36.4 Å². The van der Waals surface area contributed by atoms with Gasteiger partial charge in [-0.3, -0.25) is 0 Å². The fourth-order valence-electron chi connectivity index (χ4n) is 3.62. The highest BCUT2D eigenvalue weighted by atomic mass is 16.4. The summed E-state index contributed by atoms with van der Waals surface area (Å²) in [5.74, 6) is 0. The van der Waals surface area contributed by atoms with Crippen LogP contribution in [0.25, 0.3) is 38.1 Å². The van der Waals surface area contributed by atoms with E-state index in [2.05, 4.69) is 28.7 Å². The summed E-state index contributed by atoms with van der Waals surface area (Å²) in [5, 5.41) is 23.6. The van der Waals surface area contributed by atoms with Gasteiger partial charge in [-0.2, -0.15) is 0 Å². The Morgan fingerprint density at radius 2 is 1.18 bits per heavy atom. The quantitative estimate of drug-likeness (QED) is 0.465. The van der Waals surface area contributed by atoms with E-state index in [1.165, 1.54) is 0 Å². The molecule has 2 aromatic heterocycles. The van der Waals surface area contributed by atoms with Crippen LogP contribution < -0.4 is 5.46 Å². The van der Waals surface area contributed by atoms with Gasteiger partial charge in [-0.1, -0.05) is 48.5 Å². The first kappa shape index (κ1) is 12.0. The summed E-state index contributed by atoms with van der Waals surface area (Å²) in [5.41, 5.74) is 3.97. The zero-order valence-corrected chi connectivity index (χ0v) is 11.7. The van der Waals surface area contributed by atoms with Crippen molar-refractivity contribution in [1.82, 2.24) is 4.40 Å². The number of aromatic nitrogens is 1. The number of nitrogens with zero attached hydrogens (tertiary/aromatic N) is 1. The lowest BCUT2D eigenvalue weighted by molar-refractivity contribution is 0.426. The molecule has 5 rings (SSSR count). The van der Waals surface area contributed by atoms with Crippen molar-refractivity contribution in [3.8, 4) is 0 Å². The number of hydrogen-bond acceptors (Lipinski definition) is 2. The van der Waals surface area contributed by atoms with Crippen LogP contribution in [0.15, 0.2) is 60.7 Å². The molecule has 0 amide bonds. The SMILES string of the molecule is OB(O)c1cc2c3ccccc3n3c4ccccc4c(c1)c23. The van der Waals surface area contributed by atoms with E-state index in [4.69, 9.17) is 0 Å². The molecular formula is C18H12BNO2. The lowest BCUT2D eigenvalue weighted by Crippen LogP contribution is -2.29. The first-order valence-corrected chi connectivity index (χ1v) is 7.29. The van der Waals surface area contributed by atoms with Crippen molar-refractivity contribution in [3.05, 3.63) is 60.7 Å². The smallest absolute Gasteiger partial charge is 0.423 e. The minimum atomic E-state index is -1.46. The van der Waals surface area contributed by atoms with Gasteiger partial charge in [0.15, 0.2) is 0 Å². The zero-order valence-electron chi connectivity index (χ0n) is 11.7. The molecule has 3 aromatic carbocycles. The van der Waals surface area contributed by atoms with Gasteiger partial charge in [0.05, 0.1) is 16.6 Å². The summed E-state index contributed by atoms with van der Waals surface area (Å²) in [4.78, 5) is 0. The Hall–Kier alpha value is -2.56. The minimum Gasteiger partial charge on any atom is -0.423 e. The lowest BCUT2D eigenvalue weighted by Gasteiger charge is -2.01. The van der Waals surface area contributed by atoms with Crippen LogP contribution in [0.1, 0.15) is 0 Å². The Kier molecular flexibility index (Phi) is 2.19. The van der Waals surface area contributed by atoms with Crippen LogP contribution >= 0.6 is 0 Å². The van der Waals surface area contributed by atoms with E-state index in [1.54, 1.807) is 0 Å². The average molecular weight is 285 g/mol. The Balaban J connectivity index is 2.19. The zero-order chi connectivity index (χ0) is 14.8. The van der Waals surface area contributed by atoms with Gasteiger partial charge in [-0.25, -0.2) is 0 Å². The van der Waals surface area contributed by atoms with Gasteiger partial charge in [-0.15, -0.1) is 0 Å². The first-order valence-electron chi connectivity index (χ1n) is 7.29. The monoisotopic (exact) mass is 285 g/mol. The highest BCUT2D eigenvalue weighted by molar-refractivity contribution is 6.59. The van der Waals surface area contributed by atoms with Crippen LogP contribution in [0.4, 0.5) is 0 Å². The molecule has 0 saturated heterocycles. The second kappa shape index (κ2) is 4.00. The third-order valence-corrected chi connectivity index (χ3v) is 4.52. The number of rotatable bonds is 1. The summed E-state index contributed by atoms with van der Waals surface area (Å²) in [6.45, 7) is 0. The Bertz CT molecular complexity index is 1080. The van der Waals surface area contributed by atoms with E-state index >= 15 is 0 Å². The summed E-state index contributed by atoms with van der Waals surface area (Å²) < 4.78 is 2.27. The van der Waals surface area contributed by atoms with Gasteiger partial charge in [-0.05, 0) is 17.6 Å². The maximum Gasteiger partial charge on any atom is 0.488 e. The molecule has 0 radical (unpaired) electrons. The van der Waals surface area contributed by atoms with Gasteiger partial charge in [0.1, 0.15) is 0 Å². The molecule has 2 N–H and O–H groups in total. The first-order chi connectivity index (χ1) is 10.8. The van der Waals surface area contributed by atoms with Crippen molar-refractivity contribution in [1.29, 1.82) is 0 Å². The topological polar surface area (TPSA) is 44.9 Å². The largest absolute Gasteiger partial charge is 0.488 e.